The van der Waals surface area contributed by atoms with Crippen molar-refractivity contribution in [2.75, 3.05) is 39.5 Å². The monoisotopic (exact) mass is 506 g/mol. The number of H-pyrrole nitrogens is 1. The number of alkyl halides is 3. The van der Waals surface area contributed by atoms with E-state index in [0.717, 1.165) is 59.0 Å². The standard InChI is InChI=1S/C26H33F3N4OS/c1-17-11-20-19-5-2-3-6-21(19)31-24(20)25(33(17)15-26(28,29)16-34)22-13-30-23(35-22)12-18-7-10-32(14-18)9-4-8-27/h2-3,5-6,13,17-18,25,31,34H,4,7-12,14-16H2,1H3/t17-,18-,25-/m1/s1. The van der Waals surface area contributed by atoms with Gasteiger partial charge in [0.25, 0.3) is 5.92 Å². The second-order valence-corrected chi connectivity index (χ2v) is 11.2. The van der Waals surface area contributed by atoms with E-state index < -0.39 is 19.1 Å². The van der Waals surface area contributed by atoms with Crippen LogP contribution in [0, 0.1) is 5.92 Å². The van der Waals surface area contributed by atoms with E-state index in [4.69, 9.17) is 4.98 Å². The number of thiazole rings is 1. The Morgan fingerprint density at radius 2 is 2.11 bits per heavy atom. The Morgan fingerprint density at radius 3 is 2.91 bits per heavy atom. The molecule has 2 aliphatic rings. The number of halogens is 3. The SMILES string of the molecule is C[C@@H]1Cc2c([nH]c3ccccc23)[C@@H](c2cnc(C[C@H]3CCN(CCCF)C3)s2)N1CC(F)(F)CO. The quantitative estimate of drug-likeness (QED) is 0.437. The fraction of sp³-hybridized carbons (Fsp3) is 0.577. The van der Waals surface area contributed by atoms with Crippen LogP contribution < -0.4 is 0 Å². The van der Waals surface area contributed by atoms with Gasteiger partial charge in [-0.15, -0.1) is 11.3 Å². The van der Waals surface area contributed by atoms with Crippen molar-refractivity contribution in [3.63, 3.8) is 0 Å². The molecule has 2 aliphatic heterocycles. The molecule has 2 N–H and O–H groups in total. The minimum absolute atomic E-state index is 0.117. The average molecular weight is 507 g/mol. The maximum atomic E-state index is 14.4. The largest absolute Gasteiger partial charge is 0.390 e. The predicted molar refractivity (Wildman–Crippen MR) is 133 cm³/mol. The number of nitrogens with one attached hydrogen (secondary N) is 1. The lowest BCUT2D eigenvalue weighted by atomic mass is 9.91. The van der Waals surface area contributed by atoms with Crippen molar-refractivity contribution in [1.82, 2.24) is 19.8 Å². The van der Waals surface area contributed by atoms with Crippen LogP contribution in [0.5, 0.6) is 0 Å². The first-order valence-corrected chi connectivity index (χ1v) is 13.3. The fourth-order valence-electron chi connectivity index (χ4n) is 5.74. The van der Waals surface area contributed by atoms with Crippen molar-refractivity contribution in [2.24, 2.45) is 5.92 Å². The summed E-state index contributed by atoms with van der Waals surface area (Å²) in [4.78, 5) is 13.3. The molecule has 0 spiro atoms. The number of rotatable bonds is 9. The molecule has 0 amide bonds. The molecular weight excluding hydrogens is 473 g/mol. The molecular formula is C26H33F3N4OS. The number of hydrogen-bond donors (Lipinski definition) is 2. The van der Waals surface area contributed by atoms with E-state index in [2.05, 4.69) is 16.0 Å². The van der Waals surface area contributed by atoms with E-state index in [0.29, 0.717) is 18.8 Å². The Bertz CT molecular complexity index is 1150. The molecule has 1 saturated heterocycles. The summed E-state index contributed by atoms with van der Waals surface area (Å²) < 4.78 is 41.4. The van der Waals surface area contributed by atoms with Gasteiger partial charge < -0.3 is 15.0 Å². The van der Waals surface area contributed by atoms with E-state index in [1.165, 1.54) is 5.56 Å². The zero-order chi connectivity index (χ0) is 24.6. The smallest absolute Gasteiger partial charge is 0.283 e. The number of benzene rings is 1. The van der Waals surface area contributed by atoms with Crippen molar-refractivity contribution in [2.45, 2.75) is 50.6 Å². The van der Waals surface area contributed by atoms with Crippen LogP contribution in [0.15, 0.2) is 30.5 Å². The van der Waals surface area contributed by atoms with Crippen LogP contribution in [0.25, 0.3) is 10.9 Å². The van der Waals surface area contributed by atoms with E-state index in [9.17, 15) is 18.3 Å². The number of hydrogen-bond acceptors (Lipinski definition) is 5. The normalized spacial score (nSPS) is 23.9. The Hall–Kier alpha value is -1.94. The first kappa shape index (κ1) is 24.7. The van der Waals surface area contributed by atoms with Crippen LogP contribution in [-0.2, 0) is 12.8 Å². The molecule has 35 heavy (non-hydrogen) atoms. The highest BCUT2D eigenvalue weighted by atomic mass is 32.1. The maximum absolute atomic E-state index is 14.4. The van der Waals surface area contributed by atoms with Gasteiger partial charge in [-0.3, -0.25) is 9.29 Å². The summed E-state index contributed by atoms with van der Waals surface area (Å²) in [6, 6.07) is 7.60. The molecule has 4 heterocycles. The zero-order valence-electron chi connectivity index (χ0n) is 20.0. The van der Waals surface area contributed by atoms with Gasteiger partial charge in [-0.25, -0.2) is 13.8 Å². The summed E-state index contributed by atoms with van der Waals surface area (Å²) in [5.41, 5.74) is 3.14. The molecule has 0 bridgehead atoms. The van der Waals surface area contributed by atoms with Gasteiger partial charge >= 0.3 is 0 Å². The Kier molecular flexibility index (Phi) is 7.21. The van der Waals surface area contributed by atoms with Gasteiger partial charge in [-0.05, 0) is 50.3 Å². The van der Waals surface area contributed by atoms with E-state index in [1.807, 2.05) is 36.2 Å². The van der Waals surface area contributed by atoms with Gasteiger partial charge in [0.1, 0.15) is 6.61 Å². The lowest BCUT2D eigenvalue weighted by Crippen LogP contribution is -2.49. The maximum Gasteiger partial charge on any atom is 0.283 e. The van der Waals surface area contributed by atoms with Crippen LogP contribution in [0.3, 0.4) is 0 Å². The number of nitrogens with zero attached hydrogens (tertiary/aromatic N) is 3. The molecule has 0 radical (unpaired) electrons. The molecule has 9 heteroatoms. The zero-order valence-corrected chi connectivity index (χ0v) is 20.8. The highest BCUT2D eigenvalue weighted by molar-refractivity contribution is 7.11. The van der Waals surface area contributed by atoms with Gasteiger partial charge in [0.2, 0.25) is 0 Å². The topological polar surface area (TPSA) is 55.4 Å². The minimum Gasteiger partial charge on any atom is -0.390 e. The lowest BCUT2D eigenvalue weighted by molar-refractivity contribution is -0.0862. The average Bonchev–Trinajstić information content (AvgIpc) is 3.57. The number of aliphatic hydroxyl groups excluding tert-OH is 1. The van der Waals surface area contributed by atoms with Gasteiger partial charge in [0, 0.05) is 53.2 Å². The number of aromatic nitrogens is 2. The highest BCUT2D eigenvalue weighted by Gasteiger charge is 2.42. The van der Waals surface area contributed by atoms with Gasteiger partial charge in [-0.2, -0.15) is 0 Å². The third-order valence-corrected chi connectivity index (χ3v) is 8.52. The molecule has 0 saturated carbocycles. The van der Waals surface area contributed by atoms with Crippen molar-refractivity contribution in [3.8, 4) is 0 Å². The minimum atomic E-state index is -3.18. The highest BCUT2D eigenvalue weighted by Crippen LogP contribution is 2.43. The summed E-state index contributed by atoms with van der Waals surface area (Å²) in [6.45, 7) is 2.77. The summed E-state index contributed by atoms with van der Waals surface area (Å²) in [6.07, 6.45) is 5.01. The van der Waals surface area contributed by atoms with Gasteiger partial charge in [0.05, 0.1) is 24.3 Å². The van der Waals surface area contributed by atoms with Crippen LogP contribution in [0.1, 0.15) is 46.9 Å². The number of likely N-dealkylation sites (tertiary alicyclic amines) is 1. The molecule has 2 aromatic heterocycles. The number of para-hydroxylation sites is 1. The summed E-state index contributed by atoms with van der Waals surface area (Å²) >= 11 is 1.60. The second-order valence-electron chi connectivity index (χ2n) is 10.1. The summed E-state index contributed by atoms with van der Waals surface area (Å²) in [5.74, 6) is -2.70. The van der Waals surface area contributed by atoms with Crippen LogP contribution in [0.4, 0.5) is 13.2 Å². The van der Waals surface area contributed by atoms with Crippen molar-refractivity contribution < 1.29 is 18.3 Å². The van der Waals surface area contributed by atoms with E-state index in [1.54, 1.807) is 11.3 Å². The van der Waals surface area contributed by atoms with E-state index in [-0.39, 0.29) is 18.8 Å². The Balaban J connectivity index is 1.44. The van der Waals surface area contributed by atoms with Crippen molar-refractivity contribution >= 4 is 22.2 Å². The second kappa shape index (κ2) is 10.2. The Morgan fingerprint density at radius 1 is 1.29 bits per heavy atom. The first-order valence-electron chi connectivity index (χ1n) is 12.5. The molecule has 1 fully saturated rings. The lowest BCUT2D eigenvalue weighted by Gasteiger charge is -2.41. The number of aromatic amines is 1. The number of aliphatic hydroxyl groups is 1. The predicted octanol–water partition coefficient (Wildman–Crippen LogP) is 4.81. The van der Waals surface area contributed by atoms with Crippen LogP contribution in [0.2, 0.25) is 0 Å². The molecule has 3 atom stereocenters. The third-order valence-electron chi connectivity index (χ3n) is 7.44. The third kappa shape index (κ3) is 5.14. The van der Waals surface area contributed by atoms with Crippen molar-refractivity contribution in [1.29, 1.82) is 0 Å². The molecule has 3 aromatic rings. The molecule has 5 rings (SSSR count). The van der Waals surface area contributed by atoms with Gasteiger partial charge in [-0.1, -0.05) is 18.2 Å². The first-order chi connectivity index (χ1) is 16.9. The van der Waals surface area contributed by atoms with Crippen molar-refractivity contribution in [3.05, 3.63) is 51.6 Å². The fourth-order valence-corrected chi connectivity index (χ4v) is 6.90. The molecule has 5 nitrogen and oxygen atoms in total. The molecule has 0 aliphatic carbocycles. The molecule has 0 unspecified atom stereocenters. The summed E-state index contributed by atoms with van der Waals surface area (Å²) in [7, 11) is 0. The van der Waals surface area contributed by atoms with E-state index >= 15 is 0 Å². The molecule has 190 valence electrons. The van der Waals surface area contributed by atoms with Crippen LogP contribution in [-0.4, -0.2) is 76.3 Å². The molecule has 1 aromatic carbocycles. The number of fused-ring (bicyclic) bond motifs is 3. The Labute approximate surface area is 208 Å². The summed E-state index contributed by atoms with van der Waals surface area (Å²) in [5, 5.41) is 11.4. The van der Waals surface area contributed by atoms with Crippen LogP contribution >= 0.6 is 11.3 Å². The van der Waals surface area contributed by atoms with Gasteiger partial charge in [0.15, 0.2) is 0 Å².